The molecule has 2 aromatic rings. The second-order valence-corrected chi connectivity index (χ2v) is 5.03. The van der Waals surface area contributed by atoms with Gasteiger partial charge in [-0.2, -0.15) is 0 Å². The van der Waals surface area contributed by atoms with Gasteiger partial charge in [0.1, 0.15) is 6.61 Å². The maximum atomic E-state index is 12.1. The normalized spacial score (nSPS) is 10.1. The minimum Gasteiger partial charge on any atom is -0.384 e. The molecule has 5 nitrogen and oxygen atoms in total. The lowest BCUT2D eigenvalue weighted by molar-refractivity contribution is 0.350. The van der Waals surface area contributed by atoms with Crippen LogP contribution in [0.1, 0.15) is 17.4 Å². The number of aromatic nitrogens is 2. The summed E-state index contributed by atoms with van der Waals surface area (Å²) in [7, 11) is 0. The Kier molecular flexibility index (Phi) is 4.56. The smallest absolute Gasteiger partial charge is 0.331 e. The van der Waals surface area contributed by atoms with Crippen LogP contribution in [0.5, 0.6) is 0 Å². The molecule has 0 aliphatic carbocycles. The Morgan fingerprint density at radius 2 is 2.15 bits per heavy atom. The highest BCUT2D eigenvalue weighted by molar-refractivity contribution is 7.10. The Balaban J connectivity index is 2.43. The average molecular weight is 290 g/mol. The van der Waals surface area contributed by atoms with E-state index in [-0.39, 0.29) is 24.4 Å². The third kappa shape index (κ3) is 2.90. The van der Waals surface area contributed by atoms with Gasteiger partial charge in [0.25, 0.3) is 5.56 Å². The lowest BCUT2D eigenvalue weighted by Gasteiger charge is -2.07. The fourth-order valence-corrected chi connectivity index (χ4v) is 2.61. The monoisotopic (exact) mass is 290 g/mol. The van der Waals surface area contributed by atoms with Crippen LogP contribution in [0.4, 0.5) is 0 Å². The van der Waals surface area contributed by atoms with Crippen LogP contribution < -0.4 is 11.2 Å². The molecule has 0 saturated heterocycles. The van der Waals surface area contributed by atoms with Crippen LogP contribution in [0.2, 0.25) is 0 Å². The molecule has 0 atom stereocenters. The molecule has 0 bridgehead atoms. The molecule has 0 unspecified atom stereocenters. The standard InChI is InChI=1S/C14H14N2O3S/c1-2-15-7-5-13(18)16(14(15)19)10-12-11(4-3-8-17)6-9-20-12/h5-7,9,17H,2,8,10H2,1H3. The van der Waals surface area contributed by atoms with Crippen LogP contribution >= 0.6 is 11.3 Å². The fourth-order valence-electron chi connectivity index (χ4n) is 1.80. The number of hydrogen-bond acceptors (Lipinski definition) is 4. The molecule has 0 aromatic carbocycles. The van der Waals surface area contributed by atoms with Crippen molar-refractivity contribution in [1.82, 2.24) is 9.13 Å². The summed E-state index contributed by atoms with van der Waals surface area (Å²) >= 11 is 1.43. The highest BCUT2D eigenvalue weighted by Gasteiger charge is 2.08. The van der Waals surface area contributed by atoms with Gasteiger partial charge in [-0.05, 0) is 18.4 Å². The highest BCUT2D eigenvalue weighted by Crippen LogP contribution is 2.16. The van der Waals surface area contributed by atoms with Crippen LogP contribution in [0, 0.1) is 11.8 Å². The summed E-state index contributed by atoms with van der Waals surface area (Å²) in [5, 5.41) is 10.6. The van der Waals surface area contributed by atoms with Gasteiger partial charge in [0.2, 0.25) is 0 Å². The average Bonchev–Trinajstić information content (AvgIpc) is 2.88. The zero-order valence-corrected chi connectivity index (χ0v) is 11.8. The Bertz CT molecular complexity index is 774. The van der Waals surface area contributed by atoms with Crippen LogP contribution in [0.15, 0.2) is 33.3 Å². The first-order valence-electron chi connectivity index (χ1n) is 6.13. The molecule has 2 heterocycles. The summed E-state index contributed by atoms with van der Waals surface area (Å²) in [6, 6.07) is 3.20. The van der Waals surface area contributed by atoms with Crippen molar-refractivity contribution in [1.29, 1.82) is 0 Å². The number of thiophene rings is 1. The van der Waals surface area contributed by atoms with Crippen molar-refractivity contribution in [3.05, 3.63) is 55.0 Å². The maximum Gasteiger partial charge on any atom is 0.331 e. The van der Waals surface area contributed by atoms with Crippen LogP contribution in [0.25, 0.3) is 0 Å². The van der Waals surface area contributed by atoms with Crippen LogP contribution in [-0.4, -0.2) is 20.8 Å². The van der Waals surface area contributed by atoms with Crippen molar-refractivity contribution in [3.63, 3.8) is 0 Å². The van der Waals surface area contributed by atoms with Crippen LogP contribution in [-0.2, 0) is 13.1 Å². The van der Waals surface area contributed by atoms with Crippen molar-refractivity contribution >= 4 is 11.3 Å². The van der Waals surface area contributed by atoms with Crippen molar-refractivity contribution in [2.75, 3.05) is 6.61 Å². The van der Waals surface area contributed by atoms with Gasteiger partial charge < -0.3 is 9.67 Å². The molecule has 6 heteroatoms. The number of nitrogens with zero attached hydrogens (tertiary/aromatic N) is 2. The molecule has 0 aliphatic rings. The molecule has 20 heavy (non-hydrogen) atoms. The lowest BCUT2D eigenvalue weighted by atomic mass is 10.2. The maximum absolute atomic E-state index is 12.1. The predicted octanol–water partition coefficient (Wildman–Crippen LogP) is 0.483. The van der Waals surface area contributed by atoms with Gasteiger partial charge in [-0.25, -0.2) is 4.79 Å². The first-order chi connectivity index (χ1) is 9.67. The summed E-state index contributed by atoms with van der Waals surface area (Å²) in [5.41, 5.74) is 0.0888. The molecule has 0 amide bonds. The largest absolute Gasteiger partial charge is 0.384 e. The van der Waals surface area contributed by atoms with E-state index in [0.29, 0.717) is 6.54 Å². The Labute approximate surface area is 119 Å². The van der Waals surface area contributed by atoms with E-state index in [4.69, 9.17) is 5.11 Å². The van der Waals surface area contributed by atoms with E-state index in [9.17, 15) is 9.59 Å². The quantitative estimate of drug-likeness (QED) is 0.837. The van der Waals surface area contributed by atoms with Gasteiger partial charge in [0, 0.05) is 29.2 Å². The molecule has 1 N–H and O–H groups in total. The van der Waals surface area contributed by atoms with E-state index < -0.39 is 0 Å². The third-order valence-electron chi connectivity index (χ3n) is 2.83. The van der Waals surface area contributed by atoms with Crippen molar-refractivity contribution in [2.45, 2.75) is 20.0 Å². The molecule has 0 fully saturated rings. The third-order valence-corrected chi connectivity index (χ3v) is 3.74. The zero-order chi connectivity index (χ0) is 14.5. The number of hydrogen-bond donors (Lipinski definition) is 1. The van der Waals surface area contributed by atoms with E-state index in [1.54, 1.807) is 0 Å². The van der Waals surface area contributed by atoms with Crippen molar-refractivity contribution < 1.29 is 5.11 Å². The lowest BCUT2D eigenvalue weighted by Crippen LogP contribution is -2.38. The first kappa shape index (κ1) is 14.3. The van der Waals surface area contributed by atoms with Crippen molar-refractivity contribution in [3.8, 4) is 11.8 Å². The molecule has 0 saturated carbocycles. The Morgan fingerprint density at radius 1 is 1.35 bits per heavy atom. The van der Waals surface area contributed by atoms with Gasteiger partial charge in [-0.1, -0.05) is 11.8 Å². The van der Waals surface area contributed by atoms with E-state index in [1.165, 1.54) is 32.7 Å². The molecule has 0 aliphatic heterocycles. The number of aliphatic hydroxyl groups excluding tert-OH is 1. The molecular formula is C14H14N2O3S. The van der Waals surface area contributed by atoms with E-state index in [2.05, 4.69) is 11.8 Å². The molecule has 2 rings (SSSR count). The number of rotatable bonds is 3. The van der Waals surface area contributed by atoms with Crippen LogP contribution in [0.3, 0.4) is 0 Å². The molecule has 2 aromatic heterocycles. The van der Waals surface area contributed by atoms with E-state index in [1.807, 2.05) is 18.4 Å². The van der Waals surface area contributed by atoms with E-state index >= 15 is 0 Å². The van der Waals surface area contributed by atoms with Gasteiger partial charge in [-0.15, -0.1) is 11.3 Å². The Hall–Kier alpha value is -2.10. The minimum absolute atomic E-state index is 0.200. The molecule has 104 valence electrons. The van der Waals surface area contributed by atoms with E-state index in [0.717, 1.165) is 10.4 Å². The summed E-state index contributed by atoms with van der Waals surface area (Å²) in [6.45, 7) is 2.34. The van der Waals surface area contributed by atoms with Gasteiger partial charge >= 0.3 is 5.69 Å². The molecular weight excluding hydrogens is 276 g/mol. The fraction of sp³-hybridized carbons (Fsp3) is 0.286. The van der Waals surface area contributed by atoms with Gasteiger partial charge in [0.15, 0.2) is 0 Å². The molecule has 0 spiro atoms. The van der Waals surface area contributed by atoms with Crippen molar-refractivity contribution in [2.24, 2.45) is 0 Å². The number of aryl methyl sites for hydroxylation is 1. The summed E-state index contributed by atoms with van der Waals surface area (Å²) in [6.07, 6.45) is 1.50. The zero-order valence-electron chi connectivity index (χ0n) is 11.0. The summed E-state index contributed by atoms with van der Waals surface area (Å²) in [5.74, 6) is 5.39. The second-order valence-electron chi connectivity index (χ2n) is 4.03. The topological polar surface area (TPSA) is 64.2 Å². The first-order valence-corrected chi connectivity index (χ1v) is 7.01. The van der Waals surface area contributed by atoms with Gasteiger partial charge in [-0.3, -0.25) is 9.36 Å². The summed E-state index contributed by atoms with van der Waals surface area (Å²) < 4.78 is 2.67. The highest BCUT2D eigenvalue weighted by atomic mass is 32.1. The second kappa shape index (κ2) is 6.37. The Morgan fingerprint density at radius 3 is 2.85 bits per heavy atom. The van der Waals surface area contributed by atoms with Gasteiger partial charge in [0.05, 0.1) is 6.54 Å². The number of aliphatic hydroxyl groups is 1. The minimum atomic E-state index is -0.325. The summed E-state index contributed by atoms with van der Waals surface area (Å²) in [4.78, 5) is 24.8. The predicted molar refractivity (Wildman–Crippen MR) is 78.0 cm³/mol. The molecule has 0 radical (unpaired) electrons. The SMILES string of the molecule is CCn1ccc(=O)n(Cc2sccc2C#CCO)c1=O.